The third kappa shape index (κ3) is 7.42. The number of nitrogens with one attached hydrogen (secondary N) is 2. The molecule has 8 heteroatoms. The summed E-state index contributed by atoms with van der Waals surface area (Å²) in [6.45, 7) is 5.97. The molecule has 0 bridgehead atoms. The number of halogens is 3. The summed E-state index contributed by atoms with van der Waals surface area (Å²) in [6.07, 6.45) is 0. The molecule has 146 valence electrons. The first kappa shape index (κ1) is 21.0. The number of alkyl halides is 3. The van der Waals surface area contributed by atoms with Gasteiger partial charge in [-0.1, -0.05) is 12.1 Å². The number of aryl methyl sites for hydroxylation is 1. The number of anilines is 2. The molecule has 27 heavy (non-hydrogen) atoms. The molecule has 2 aromatic carbocycles. The highest BCUT2D eigenvalue weighted by Crippen LogP contribution is 2.37. The number of likely N-dealkylation sites (N-methyl/N-ethyl adjacent to an activating group) is 1. The predicted molar refractivity (Wildman–Crippen MR) is 104 cm³/mol. The number of hydrogen-bond donors (Lipinski definition) is 2. The van der Waals surface area contributed by atoms with Crippen LogP contribution in [-0.2, 0) is 0 Å². The van der Waals surface area contributed by atoms with Crippen molar-refractivity contribution in [3.63, 3.8) is 0 Å². The predicted octanol–water partition coefficient (Wildman–Crippen LogP) is 5.25. The van der Waals surface area contributed by atoms with E-state index in [2.05, 4.69) is 21.6 Å². The molecule has 2 N–H and O–H groups in total. The van der Waals surface area contributed by atoms with Gasteiger partial charge in [0.05, 0.1) is 0 Å². The fourth-order valence-corrected chi connectivity index (χ4v) is 3.05. The number of carbonyl (C=O) groups is 1. The summed E-state index contributed by atoms with van der Waals surface area (Å²) >= 11 is -0.187. The first-order valence-corrected chi connectivity index (χ1v) is 9.31. The van der Waals surface area contributed by atoms with E-state index >= 15 is 0 Å². The summed E-state index contributed by atoms with van der Waals surface area (Å²) in [5.74, 6) is 0. The van der Waals surface area contributed by atoms with Gasteiger partial charge in [0, 0.05) is 35.9 Å². The van der Waals surface area contributed by atoms with E-state index in [9.17, 15) is 18.0 Å². The monoisotopic (exact) mass is 397 g/mol. The van der Waals surface area contributed by atoms with Crippen LogP contribution in [-0.4, -0.2) is 31.2 Å². The number of amides is 2. The average molecular weight is 397 g/mol. The lowest BCUT2D eigenvalue weighted by Gasteiger charge is -2.23. The Kier molecular flexibility index (Phi) is 7.41. The molecule has 0 heterocycles. The van der Waals surface area contributed by atoms with Crippen LogP contribution in [0.15, 0.2) is 53.4 Å². The molecule has 0 unspecified atom stereocenters. The van der Waals surface area contributed by atoms with Gasteiger partial charge in [0.25, 0.3) is 0 Å². The quantitative estimate of drug-likeness (QED) is 0.627. The molecule has 0 saturated carbocycles. The number of benzene rings is 2. The number of urea groups is 1. The first-order valence-electron chi connectivity index (χ1n) is 8.49. The normalized spacial score (nSPS) is 11.1. The Hall–Kier alpha value is -2.35. The molecule has 0 aliphatic rings. The second kappa shape index (κ2) is 9.55. The van der Waals surface area contributed by atoms with E-state index in [-0.39, 0.29) is 16.7 Å². The lowest BCUT2D eigenvalue weighted by atomic mass is 10.2. The molecule has 0 fully saturated rings. The highest BCUT2D eigenvalue weighted by molar-refractivity contribution is 8.00. The summed E-state index contributed by atoms with van der Waals surface area (Å²) in [4.78, 5) is 14.2. The summed E-state index contributed by atoms with van der Waals surface area (Å²) < 4.78 is 36.9. The number of hydrogen-bond acceptors (Lipinski definition) is 3. The summed E-state index contributed by atoms with van der Waals surface area (Å²) in [6, 6.07) is 13.3. The van der Waals surface area contributed by atoms with Crippen LogP contribution in [0.3, 0.4) is 0 Å². The number of carbonyl (C=O) groups excluding carboxylic acids is 1. The van der Waals surface area contributed by atoms with Crippen LogP contribution in [0.1, 0.15) is 12.5 Å². The van der Waals surface area contributed by atoms with E-state index in [0.29, 0.717) is 18.8 Å². The highest BCUT2D eigenvalue weighted by Gasteiger charge is 2.29. The van der Waals surface area contributed by atoms with Crippen LogP contribution in [0.5, 0.6) is 0 Å². The van der Waals surface area contributed by atoms with Crippen LogP contribution >= 0.6 is 11.8 Å². The molecule has 0 radical (unpaired) electrons. The zero-order chi connectivity index (χ0) is 19.9. The largest absolute Gasteiger partial charge is 0.446 e. The summed E-state index contributed by atoms with van der Waals surface area (Å²) in [5, 5.41) is 5.37. The van der Waals surface area contributed by atoms with Crippen molar-refractivity contribution in [1.29, 1.82) is 0 Å². The summed E-state index contributed by atoms with van der Waals surface area (Å²) in [5.41, 5.74) is -1.62. The molecular weight excluding hydrogens is 375 g/mol. The molecule has 0 spiro atoms. The van der Waals surface area contributed by atoms with Gasteiger partial charge in [-0.2, -0.15) is 13.2 Å². The van der Waals surface area contributed by atoms with Gasteiger partial charge in [-0.25, -0.2) is 4.79 Å². The maximum absolute atomic E-state index is 12.3. The fraction of sp³-hybridized carbons (Fsp3) is 0.316. The van der Waals surface area contributed by atoms with Gasteiger partial charge in [0.15, 0.2) is 0 Å². The van der Waals surface area contributed by atoms with Crippen molar-refractivity contribution in [3.8, 4) is 0 Å². The third-order valence-corrected chi connectivity index (χ3v) is 4.50. The number of rotatable bonds is 7. The van der Waals surface area contributed by atoms with Crippen LogP contribution in [0.4, 0.5) is 29.3 Å². The van der Waals surface area contributed by atoms with E-state index < -0.39 is 11.5 Å². The van der Waals surface area contributed by atoms with Crippen LogP contribution < -0.4 is 15.5 Å². The molecule has 0 aliphatic heterocycles. The van der Waals surface area contributed by atoms with Gasteiger partial charge in [0.2, 0.25) is 0 Å². The van der Waals surface area contributed by atoms with Gasteiger partial charge in [-0.15, -0.1) is 0 Å². The van der Waals surface area contributed by atoms with Crippen LogP contribution in [0, 0.1) is 6.92 Å². The third-order valence-electron chi connectivity index (χ3n) is 3.76. The SMILES string of the molecule is CCN(CCNC(=O)Nc1ccc(SC(F)(F)F)cc1)c1cccc(C)c1. The minimum absolute atomic E-state index is 0.0743. The van der Waals surface area contributed by atoms with Crippen molar-refractivity contribution < 1.29 is 18.0 Å². The molecule has 0 saturated heterocycles. The van der Waals surface area contributed by atoms with Crippen molar-refractivity contribution in [2.75, 3.05) is 29.9 Å². The Morgan fingerprint density at radius 3 is 2.44 bits per heavy atom. The number of thioether (sulfide) groups is 1. The van der Waals surface area contributed by atoms with Crippen LogP contribution in [0.2, 0.25) is 0 Å². The van der Waals surface area contributed by atoms with Crippen molar-refractivity contribution in [2.45, 2.75) is 24.3 Å². The highest BCUT2D eigenvalue weighted by atomic mass is 32.2. The molecular formula is C19H22F3N3OS. The average Bonchev–Trinajstić information content (AvgIpc) is 2.59. The lowest BCUT2D eigenvalue weighted by molar-refractivity contribution is -0.0328. The van der Waals surface area contributed by atoms with Crippen molar-refractivity contribution in [2.24, 2.45) is 0 Å². The molecule has 2 amide bonds. The zero-order valence-electron chi connectivity index (χ0n) is 15.1. The standard InChI is InChI=1S/C19H22F3N3OS/c1-3-25(16-6-4-5-14(2)13-16)12-11-23-18(26)24-15-7-9-17(10-8-15)27-19(20,21)22/h4-10,13H,3,11-12H2,1-2H3,(H2,23,24,26). The maximum atomic E-state index is 12.3. The van der Waals surface area contributed by atoms with Gasteiger partial charge in [-0.05, 0) is 67.6 Å². The lowest BCUT2D eigenvalue weighted by Crippen LogP contribution is -2.37. The smallest absolute Gasteiger partial charge is 0.370 e. The Morgan fingerprint density at radius 2 is 1.85 bits per heavy atom. The number of nitrogens with zero attached hydrogens (tertiary/aromatic N) is 1. The molecule has 0 aliphatic carbocycles. The van der Waals surface area contributed by atoms with E-state index in [1.54, 1.807) is 0 Å². The Balaban J connectivity index is 1.80. The van der Waals surface area contributed by atoms with Crippen molar-refractivity contribution >= 4 is 29.2 Å². The molecule has 2 rings (SSSR count). The zero-order valence-corrected chi connectivity index (χ0v) is 16.0. The molecule has 0 aromatic heterocycles. The Morgan fingerprint density at radius 1 is 1.15 bits per heavy atom. The first-order chi connectivity index (χ1) is 12.8. The maximum Gasteiger partial charge on any atom is 0.446 e. The van der Waals surface area contributed by atoms with Crippen LogP contribution in [0.25, 0.3) is 0 Å². The van der Waals surface area contributed by atoms with E-state index in [1.807, 2.05) is 32.0 Å². The molecule has 2 aromatic rings. The van der Waals surface area contributed by atoms with Crippen molar-refractivity contribution in [1.82, 2.24) is 5.32 Å². The second-order valence-corrected chi connectivity index (χ2v) is 7.01. The van der Waals surface area contributed by atoms with E-state index in [4.69, 9.17) is 0 Å². The Bertz CT molecular complexity index is 751. The van der Waals surface area contributed by atoms with Gasteiger partial charge < -0.3 is 15.5 Å². The fourth-order valence-electron chi connectivity index (χ4n) is 2.51. The molecule has 4 nitrogen and oxygen atoms in total. The topological polar surface area (TPSA) is 44.4 Å². The minimum Gasteiger partial charge on any atom is -0.370 e. The summed E-state index contributed by atoms with van der Waals surface area (Å²) in [7, 11) is 0. The van der Waals surface area contributed by atoms with E-state index in [1.165, 1.54) is 29.8 Å². The van der Waals surface area contributed by atoms with Crippen molar-refractivity contribution in [3.05, 3.63) is 54.1 Å². The van der Waals surface area contributed by atoms with Gasteiger partial charge in [0.1, 0.15) is 0 Å². The Labute approximate surface area is 161 Å². The molecule has 0 atom stereocenters. The second-order valence-electron chi connectivity index (χ2n) is 5.87. The minimum atomic E-state index is -4.32. The van der Waals surface area contributed by atoms with E-state index in [0.717, 1.165) is 12.2 Å². The van der Waals surface area contributed by atoms with Gasteiger partial charge in [-0.3, -0.25) is 0 Å². The van der Waals surface area contributed by atoms with Gasteiger partial charge >= 0.3 is 11.5 Å².